The van der Waals surface area contributed by atoms with Crippen molar-refractivity contribution in [3.8, 4) is 6.07 Å². The van der Waals surface area contributed by atoms with Crippen LogP contribution in [0.5, 0.6) is 0 Å². The van der Waals surface area contributed by atoms with E-state index in [0.29, 0.717) is 19.3 Å². The average Bonchev–Trinajstić information content (AvgIpc) is 2.86. The molecule has 1 unspecified atom stereocenters. The molecular formula is C12H22N2O3S. The minimum atomic E-state index is -3.31. The van der Waals surface area contributed by atoms with Gasteiger partial charge in [0.2, 0.25) is 10.0 Å². The Morgan fingerprint density at radius 3 is 2.61 bits per heavy atom. The molecule has 0 aliphatic heterocycles. The van der Waals surface area contributed by atoms with E-state index >= 15 is 0 Å². The van der Waals surface area contributed by atoms with Crippen LogP contribution in [0.15, 0.2) is 0 Å². The molecule has 0 aromatic heterocycles. The molecule has 1 saturated carbocycles. The lowest BCUT2D eigenvalue weighted by Gasteiger charge is -2.18. The molecule has 0 saturated heterocycles. The van der Waals surface area contributed by atoms with Crippen molar-refractivity contribution in [3.63, 3.8) is 0 Å². The quantitative estimate of drug-likeness (QED) is 0.650. The van der Waals surface area contributed by atoms with Crippen LogP contribution in [0.2, 0.25) is 0 Å². The molecule has 1 aliphatic rings. The molecule has 0 radical (unpaired) electrons. The molecule has 104 valence electrons. The first-order valence-corrected chi connectivity index (χ1v) is 8.23. The fourth-order valence-corrected chi connectivity index (χ4v) is 3.44. The van der Waals surface area contributed by atoms with Crippen molar-refractivity contribution >= 4 is 10.0 Å². The number of rotatable bonds is 8. The van der Waals surface area contributed by atoms with Crippen LogP contribution in [0.3, 0.4) is 0 Å². The third kappa shape index (κ3) is 5.80. The number of hydrogen-bond acceptors (Lipinski definition) is 4. The van der Waals surface area contributed by atoms with Crippen LogP contribution in [0, 0.1) is 17.2 Å². The van der Waals surface area contributed by atoms with Crippen molar-refractivity contribution < 1.29 is 13.5 Å². The Bertz CT molecular complexity index is 369. The molecule has 0 amide bonds. The number of unbranched alkanes of at least 4 members (excludes halogenated alkanes) is 2. The third-order valence-corrected chi connectivity index (χ3v) is 4.84. The van der Waals surface area contributed by atoms with Crippen LogP contribution >= 0.6 is 0 Å². The average molecular weight is 274 g/mol. The van der Waals surface area contributed by atoms with Crippen molar-refractivity contribution in [1.82, 2.24) is 4.72 Å². The number of aliphatic hydroxyl groups is 1. The van der Waals surface area contributed by atoms with Gasteiger partial charge in [-0.15, -0.1) is 0 Å². The Labute approximate surface area is 109 Å². The Hall–Kier alpha value is -0.640. The fourth-order valence-electron chi connectivity index (χ4n) is 2.29. The summed E-state index contributed by atoms with van der Waals surface area (Å²) < 4.78 is 25.7. The van der Waals surface area contributed by atoms with Gasteiger partial charge < -0.3 is 5.11 Å². The van der Waals surface area contributed by atoms with E-state index in [-0.39, 0.29) is 18.2 Å². The van der Waals surface area contributed by atoms with E-state index in [1.165, 1.54) is 0 Å². The number of nitrogens with zero attached hydrogens (tertiary/aromatic N) is 1. The normalized spacial score (nSPS) is 18.7. The molecule has 2 N–H and O–H groups in total. The third-order valence-electron chi connectivity index (χ3n) is 3.41. The maximum absolute atomic E-state index is 11.6. The Balaban J connectivity index is 2.21. The second-order valence-corrected chi connectivity index (χ2v) is 6.82. The second-order valence-electron chi connectivity index (χ2n) is 4.89. The van der Waals surface area contributed by atoms with E-state index in [0.717, 1.165) is 25.7 Å². The van der Waals surface area contributed by atoms with Crippen LogP contribution in [-0.4, -0.2) is 31.9 Å². The summed E-state index contributed by atoms with van der Waals surface area (Å²) in [6, 6.07) is 1.99. The van der Waals surface area contributed by atoms with E-state index < -0.39 is 16.1 Å². The number of sulfonamides is 1. The summed E-state index contributed by atoms with van der Waals surface area (Å²) in [6.45, 7) is 0.116. The van der Waals surface area contributed by atoms with Gasteiger partial charge in [0.1, 0.15) is 0 Å². The van der Waals surface area contributed by atoms with Crippen molar-refractivity contribution in [2.24, 2.45) is 5.92 Å². The van der Waals surface area contributed by atoms with Crippen LogP contribution in [-0.2, 0) is 10.0 Å². The Morgan fingerprint density at radius 2 is 2.00 bits per heavy atom. The summed E-state index contributed by atoms with van der Waals surface area (Å²) in [7, 11) is -3.31. The molecule has 0 bridgehead atoms. The van der Waals surface area contributed by atoms with E-state index in [9.17, 15) is 13.5 Å². The Morgan fingerprint density at radius 1 is 1.33 bits per heavy atom. The molecule has 1 fully saturated rings. The zero-order chi connectivity index (χ0) is 13.4. The maximum Gasteiger partial charge on any atom is 0.211 e. The highest BCUT2D eigenvalue weighted by molar-refractivity contribution is 7.89. The van der Waals surface area contributed by atoms with Gasteiger partial charge in [0.25, 0.3) is 0 Å². The molecule has 0 heterocycles. The van der Waals surface area contributed by atoms with Gasteiger partial charge in [-0.05, 0) is 31.6 Å². The van der Waals surface area contributed by atoms with E-state index in [1.54, 1.807) is 0 Å². The van der Waals surface area contributed by atoms with Crippen LogP contribution in [0.25, 0.3) is 0 Å². The smallest absolute Gasteiger partial charge is 0.211 e. The van der Waals surface area contributed by atoms with Gasteiger partial charge in [0.05, 0.1) is 17.9 Å². The number of nitrogens with one attached hydrogen (secondary N) is 1. The second kappa shape index (κ2) is 7.72. The van der Waals surface area contributed by atoms with E-state index in [4.69, 9.17) is 5.26 Å². The predicted molar refractivity (Wildman–Crippen MR) is 69.2 cm³/mol. The summed E-state index contributed by atoms with van der Waals surface area (Å²) in [4.78, 5) is 0. The van der Waals surface area contributed by atoms with Crippen molar-refractivity contribution in [2.45, 2.75) is 51.0 Å². The summed E-state index contributed by atoms with van der Waals surface area (Å²) in [5.41, 5.74) is 0. The summed E-state index contributed by atoms with van der Waals surface area (Å²) in [5.74, 6) is 0.276. The molecule has 18 heavy (non-hydrogen) atoms. The summed E-state index contributed by atoms with van der Waals surface area (Å²) in [5, 5.41) is 18.2. The molecule has 0 aromatic rings. The van der Waals surface area contributed by atoms with Crippen molar-refractivity contribution in [1.29, 1.82) is 5.26 Å². The zero-order valence-corrected chi connectivity index (χ0v) is 11.5. The molecule has 1 aliphatic carbocycles. The lowest BCUT2D eigenvalue weighted by molar-refractivity contribution is 0.115. The van der Waals surface area contributed by atoms with Gasteiger partial charge in [-0.2, -0.15) is 5.26 Å². The molecule has 6 heteroatoms. The molecular weight excluding hydrogens is 252 g/mol. The highest BCUT2D eigenvalue weighted by Gasteiger charge is 2.24. The van der Waals surface area contributed by atoms with Gasteiger partial charge in [0.15, 0.2) is 0 Å². The zero-order valence-electron chi connectivity index (χ0n) is 10.6. The molecule has 1 atom stereocenters. The summed E-state index contributed by atoms with van der Waals surface area (Å²) >= 11 is 0. The van der Waals surface area contributed by atoms with Crippen molar-refractivity contribution in [3.05, 3.63) is 0 Å². The van der Waals surface area contributed by atoms with Gasteiger partial charge in [0, 0.05) is 13.0 Å². The highest BCUT2D eigenvalue weighted by atomic mass is 32.2. The van der Waals surface area contributed by atoms with E-state index in [2.05, 4.69) is 4.72 Å². The van der Waals surface area contributed by atoms with Gasteiger partial charge >= 0.3 is 0 Å². The minimum absolute atomic E-state index is 0.0338. The standard InChI is InChI=1S/C12H22N2O3S/c13-8-4-1-5-9-18(16,17)14-10-12(15)11-6-2-3-7-11/h11-12,14-15H,1-7,9-10H2. The van der Waals surface area contributed by atoms with Gasteiger partial charge in [-0.1, -0.05) is 12.8 Å². The fraction of sp³-hybridized carbons (Fsp3) is 0.917. The number of hydrogen-bond donors (Lipinski definition) is 2. The number of nitriles is 1. The molecule has 1 rings (SSSR count). The summed E-state index contributed by atoms with van der Waals surface area (Å²) in [6.07, 6.45) is 5.15. The van der Waals surface area contributed by atoms with Crippen LogP contribution in [0.4, 0.5) is 0 Å². The topological polar surface area (TPSA) is 90.2 Å². The minimum Gasteiger partial charge on any atom is -0.391 e. The van der Waals surface area contributed by atoms with Crippen LogP contribution in [0.1, 0.15) is 44.9 Å². The largest absolute Gasteiger partial charge is 0.391 e. The lowest BCUT2D eigenvalue weighted by atomic mass is 10.0. The predicted octanol–water partition coefficient (Wildman–Crippen LogP) is 1.15. The van der Waals surface area contributed by atoms with Crippen LogP contribution < -0.4 is 4.72 Å². The monoisotopic (exact) mass is 274 g/mol. The number of aliphatic hydroxyl groups excluding tert-OH is 1. The Kier molecular flexibility index (Phi) is 6.61. The lowest BCUT2D eigenvalue weighted by Crippen LogP contribution is -2.36. The molecule has 5 nitrogen and oxygen atoms in total. The molecule has 0 aromatic carbocycles. The van der Waals surface area contributed by atoms with Gasteiger partial charge in [-0.3, -0.25) is 0 Å². The highest BCUT2D eigenvalue weighted by Crippen LogP contribution is 2.27. The first-order chi connectivity index (χ1) is 8.55. The SMILES string of the molecule is N#CCCCCS(=O)(=O)NCC(O)C1CCCC1. The molecule has 0 spiro atoms. The van der Waals surface area contributed by atoms with E-state index in [1.807, 2.05) is 6.07 Å². The first kappa shape index (κ1) is 15.4. The maximum atomic E-state index is 11.6. The van der Waals surface area contributed by atoms with Gasteiger partial charge in [-0.25, -0.2) is 13.1 Å². The first-order valence-electron chi connectivity index (χ1n) is 6.57. The van der Waals surface area contributed by atoms with Crippen molar-refractivity contribution in [2.75, 3.05) is 12.3 Å².